The number of nitrogen functional groups attached to an aromatic ring is 1. The van der Waals surface area contributed by atoms with E-state index < -0.39 is 0 Å². The van der Waals surface area contributed by atoms with Crippen molar-refractivity contribution in [2.24, 2.45) is 4.99 Å². The Kier molecular flexibility index (Phi) is 9.93. The van der Waals surface area contributed by atoms with Crippen LogP contribution in [0.25, 0.3) is 5.69 Å². The van der Waals surface area contributed by atoms with Gasteiger partial charge < -0.3 is 16.0 Å². The molecule has 0 saturated carbocycles. The number of anilines is 1. The monoisotopic (exact) mass is 564 g/mol. The first-order valence-electron chi connectivity index (χ1n) is 10.3. The zero-order valence-corrected chi connectivity index (χ0v) is 21.7. The van der Waals surface area contributed by atoms with Crippen LogP contribution in [0.1, 0.15) is 35.3 Å². The molecule has 0 aliphatic rings. The molecule has 3 rings (SSSR count). The van der Waals surface area contributed by atoms with Gasteiger partial charge in [-0.05, 0) is 38.8 Å². The molecule has 8 nitrogen and oxygen atoms in total. The van der Waals surface area contributed by atoms with Crippen LogP contribution in [0.15, 0.2) is 40.7 Å². The predicted molar refractivity (Wildman–Crippen MR) is 141 cm³/mol. The predicted octanol–water partition coefficient (Wildman–Crippen LogP) is 3.74. The summed E-state index contributed by atoms with van der Waals surface area (Å²) in [4.78, 5) is 11.3. The third-order valence-corrected chi connectivity index (χ3v) is 5.52. The van der Waals surface area contributed by atoms with E-state index in [-0.39, 0.29) is 24.0 Å². The SMILES string of the molecule is CCNC(=NCCCc1nn(-c2ccccc2)c(N)c1C#N)N(C)Cc1csc(C)n1.I. The van der Waals surface area contributed by atoms with Gasteiger partial charge in [0.05, 0.1) is 28.6 Å². The van der Waals surface area contributed by atoms with Gasteiger partial charge in [0.2, 0.25) is 0 Å². The molecule has 10 heteroatoms. The molecule has 0 bridgehead atoms. The van der Waals surface area contributed by atoms with Crippen molar-refractivity contribution < 1.29 is 0 Å². The lowest BCUT2D eigenvalue weighted by Crippen LogP contribution is -2.38. The number of aryl methyl sites for hydroxylation is 2. The molecular weight excluding hydrogens is 535 g/mol. The number of halogens is 1. The van der Waals surface area contributed by atoms with Crippen LogP contribution in [0.4, 0.5) is 5.82 Å². The first-order chi connectivity index (χ1) is 15.0. The number of hydrogen-bond donors (Lipinski definition) is 2. The molecule has 0 aliphatic carbocycles. The summed E-state index contributed by atoms with van der Waals surface area (Å²) in [6, 6.07) is 11.8. The van der Waals surface area contributed by atoms with E-state index in [9.17, 15) is 5.26 Å². The summed E-state index contributed by atoms with van der Waals surface area (Å²) in [6.07, 6.45) is 1.39. The van der Waals surface area contributed by atoms with Gasteiger partial charge in [-0.25, -0.2) is 9.67 Å². The number of aliphatic imine (C=N–C) groups is 1. The summed E-state index contributed by atoms with van der Waals surface area (Å²) in [5, 5.41) is 20.6. The molecule has 0 saturated heterocycles. The number of nitriles is 1. The highest BCUT2D eigenvalue weighted by Crippen LogP contribution is 2.21. The van der Waals surface area contributed by atoms with E-state index in [1.54, 1.807) is 16.0 Å². The number of thiazole rings is 1. The van der Waals surface area contributed by atoms with Crippen LogP contribution >= 0.6 is 35.3 Å². The molecule has 0 radical (unpaired) electrons. The smallest absolute Gasteiger partial charge is 0.194 e. The number of guanidine groups is 1. The highest BCUT2D eigenvalue weighted by molar-refractivity contribution is 14.0. The Balaban J connectivity index is 0.00000363. The lowest BCUT2D eigenvalue weighted by molar-refractivity contribution is 0.470. The van der Waals surface area contributed by atoms with E-state index in [0.29, 0.717) is 36.6 Å². The summed E-state index contributed by atoms with van der Waals surface area (Å²) in [6.45, 7) is 6.16. The first kappa shape index (κ1) is 25.6. The summed E-state index contributed by atoms with van der Waals surface area (Å²) in [5.74, 6) is 1.21. The minimum absolute atomic E-state index is 0. The average molecular weight is 565 g/mol. The van der Waals surface area contributed by atoms with Crippen LogP contribution in [0.5, 0.6) is 0 Å². The fourth-order valence-corrected chi connectivity index (χ4v) is 3.84. The largest absolute Gasteiger partial charge is 0.382 e. The second kappa shape index (κ2) is 12.4. The number of para-hydroxylation sites is 1. The number of aromatic nitrogens is 3. The Morgan fingerprint density at radius 2 is 2.09 bits per heavy atom. The zero-order valence-electron chi connectivity index (χ0n) is 18.6. The van der Waals surface area contributed by atoms with Crippen LogP contribution in [0.2, 0.25) is 0 Å². The van der Waals surface area contributed by atoms with E-state index in [1.807, 2.05) is 44.3 Å². The molecule has 2 aromatic heterocycles. The Bertz CT molecular complexity index is 1070. The Morgan fingerprint density at radius 3 is 2.72 bits per heavy atom. The van der Waals surface area contributed by atoms with E-state index in [2.05, 4.69) is 38.7 Å². The lowest BCUT2D eigenvalue weighted by atomic mass is 10.1. The summed E-state index contributed by atoms with van der Waals surface area (Å²) >= 11 is 1.65. The number of benzene rings is 1. The molecule has 1 aromatic carbocycles. The van der Waals surface area contributed by atoms with Gasteiger partial charge in [-0.3, -0.25) is 4.99 Å². The van der Waals surface area contributed by atoms with Crippen molar-refractivity contribution in [3.63, 3.8) is 0 Å². The van der Waals surface area contributed by atoms with Crippen LogP contribution in [0, 0.1) is 18.3 Å². The molecule has 0 atom stereocenters. The van der Waals surface area contributed by atoms with Crippen LogP contribution in [-0.4, -0.2) is 45.8 Å². The molecular formula is C22H29IN8S. The Labute approximate surface area is 210 Å². The average Bonchev–Trinajstić information content (AvgIpc) is 3.32. The van der Waals surface area contributed by atoms with Crippen molar-refractivity contribution >= 4 is 47.1 Å². The van der Waals surface area contributed by atoms with Gasteiger partial charge in [0.25, 0.3) is 0 Å². The molecule has 2 heterocycles. The van der Waals surface area contributed by atoms with E-state index in [0.717, 1.165) is 35.3 Å². The number of nitrogens with one attached hydrogen (secondary N) is 1. The molecule has 0 spiro atoms. The highest BCUT2D eigenvalue weighted by Gasteiger charge is 2.16. The molecule has 0 amide bonds. The van der Waals surface area contributed by atoms with Crippen molar-refractivity contribution in [1.82, 2.24) is 25.0 Å². The molecule has 0 unspecified atom stereocenters. The van der Waals surface area contributed by atoms with Gasteiger partial charge in [-0.1, -0.05) is 18.2 Å². The summed E-state index contributed by atoms with van der Waals surface area (Å²) in [5.41, 5.74) is 9.21. The number of nitrogens with zero attached hydrogens (tertiary/aromatic N) is 6. The molecule has 3 aromatic rings. The van der Waals surface area contributed by atoms with Crippen LogP contribution in [-0.2, 0) is 13.0 Å². The minimum Gasteiger partial charge on any atom is -0.382 e. The standard InChI is InChI=1S/C22H28N8S.HI/c1-4-25-22(29(3)14-17-15-31-16(2)27-17)26-12-8-11-20-19(13-23)21(24)30(28-20)18-9-6-5-7-10-18;/h5-7,9-10,15H,4,8,11-12,14,24H2,1-3H3,(H,25,26);1H. The molecule has 32 heavy (non-hydrogen) atoms. The maximum atomic E-state index is 9.56. The molecule has 0 aliphatic heterocycles. The fourth-order valence-electron chi connectivity index (χ4n) is 3.24. The number of rotatable bonds is 8. The summed E-state index contributed by atoms with van der Waals surface area (Å²) in [7, 11) is 2.01. The van der Waals surface area contributed by atoms with Crippen molar-refractivity contribution in [3.8, 4) is 11.8 Å². The molecule has 170 valence electrons. The maximum absolute atomic E-state index is 9.56. The molecule has 3 N–H and O–H groups in total. The second-order valence-electron chi connectivity index (χ2n) is 7.12. The normalized spacial score (nSPS) is 11.0. The Morgan fingerprint density at radius 1 is 1.34 bits per heavy atom. The van der Waals surface area contributed by atoms with Gasteiger partial charge in [-0.15, -0.1) is 35.3 Å². The topological polar surface area (TPSA) is 108 Å². The van der Waals surface area contributed by atoms with Gasteiger partial charge in [0, 0.05) is 25.5 Å². The van der Waals surface area contributed by atoms with Gasteiger partial charge in [0.1, 0.15) is 17.5 Å². The third kappa shape index (κ3) is 6.43. The minimum atomic E-state index is 0. The Hall–Kier alpha value is -2.65. The van der Waals surface area contributed by atoms with E-state index >= 15 is 0 Å². The van der Waals surface area contributed by atoms with Crippen molar-refractivity contribution in [1.29, 1.82) is 5.26 Å². The lowest BCUT2D eigenvalue weighted by Gasteiger charge is -2.21. The van der Waals surface area contributed by atoms with E-state index in [4.69, 9.17) is 10.7 Å². The van der Waals surface area contributed by atoms with E-state index in [1.165, 1.54) is 0 Å². The molecule has 0 fully saturated rings. The van der Waals surface area contributed by atoms with Gasteiger partial charge in [0.15, 0.2) is 5.96 Å². The van der Waals surface area contributed by atoms with Crippen molar-refractivity contribution in [2.45, 2.75) is 33.2 Å². The summed E-state index contributed by atoms with van der Waals surface area (Å²) < 4.78 is 1.63. The maximum Gasteiger partial charge on any atom is 0.194 e. The fraction of sp³-hybridized carbons (Fsp3) is 0.364. The van der Waals surface area contributed by atoms with Crippen molar-refractivity contribution in [3.05, 3.63) is 57.7 Å². The second-order valence-corrected chi connectivity index (χ2v) is 8.18. The quantitative estimate of drug-likeness (QED) is 0.187. The van der Waals surface area contributed by atoms with Crippen LogP contribution in [0.3, 0.4) is 0 Å². The van der Waals surface area contributed by atoms with Gasteiger partial charge >= 0.3 is 0 Å². The first-order valence-corrected chi connectivity index (χ1v) is 11.1. The van der Waals surface area contributed by atoms with Crippen molar-refractivity contribution in [2.75, 3.05) is 25.9 Å². The van der Waals surface area contributed by atoms with Crippen LogP contribution < -0.4 is 11.1 Å². The zero-order chi connectivity index (χ0) is 22.2. The highest BCUT2D eigenvalue weighted by atomic mass is 127. The van der Waals surface area contributed by atoms with Gasteiger partial charge in [-0.2, -0.15) is 10.4 Å². The third-order valence-electron chi connectivity index (χ3n) is 4.70. The number of hydrogen-bond acceptors (Lipinski definition) is 6. The number of nitrogens with two attached hydrogens (primary N) is 1.